The Labute approximate surface area is 152 Å². The molecule has 0 radical (unpaired) electrons. The quantitative estimate of drug-likeness (QED) is 0.689. The topological polar surface area (TPSA) is 98.7 Å². The third-order valence-corrected chi connectivity index (χ3v) is 5.09. The van der Waals surface area contributed by atoms with E-state index in [-0.39, 0.29) is 24.3 Å². The fourth-order valence-corrected chi connectivity index (χ4v) is 3.72. The Morgan fingerprint density at radius 3 is 2.62 bits per heavy atom. The summed E-state index contributed by atoms with van der Waals surface area (Å²) >= 11 is 0. The normalized spacial score (nSPS) is 23.6. The summed E-state index contributed by atoms with van der Waals surface area (Å²) in [7, 11) is 0. The second-order valence-corrected chi connectivity index (χ2v) is 6.93. The number of aliphatic carboxylic acids is 1. The summed E-state index contributed by atoms with van der Waals surface area (Å²) in [6.07, 6.45) is 3.29. The van der Waals surface area contributed by atoms with Crippen molar-refractivity contribution in [2.45, 2.75) is 50.2 Å². The number of amides is 2. The zero-order valence-electron chi connectivity index (χ0n) is 14.7. The fourth-order valence-electron chi connectivity index (χ4n) is 3.72. The van der Waals surface area contributed by atoms with Crippen molar-refractivity contribution in [3.63, 3.8) is 0 Å². The SMILES string of the molecule is O=C(O)[C@H](Cc1ccccc1)NC(=O)[C@@H]1CCCN1C(=O)[C@@H]1CCCN1. The Bertz CT molecular complexity index is 658. The van der Waals surface area contributed by atoms with Gasteiger partial charge in [-0.2, -0.15) is 0 Å². The molecule has 26 heavy (non-hydrogen) atoms. The molecule has 2 aliphatic rings. The number of hydrogen-bond acceptors (Lipinski definition) is 4. The van der Waals surface area contributed by atoms with Gasteiger partial charge in [0.1, 0.15) is 12.1 Å². The molecule has 0 bridgehead atoms. The molecule has 2 fully saturated rings. The van der Waals surface area contributed by atoms with Crippen LogP contribution in [0.25, 0.3) is 0 Å². The van der Waals surface area contributed by atoms with Crippen molar-refractivity contribution in [3.05, 3.63) is 35.9 Å². The van der Waals surface area contributed by atoms with E-state index in [1.165, 1.54) is 0 Å². The second kappa shape index (κ2) is 8.31. The molecule has 140 valence electrons. The Morgan fingerprint density at radius 2 is 1.96 bits per heavy atom. The van der Waals surface area contributed by atoms with Gasteiger partial charge in [0.2, 0.25) is 11.8 Å². The van der Waals surface area contributed by atoms with Gasteiger partial charge in [0, 0.05) is 13.0 Å². The summed E-state index contributed by atoms with van der Waals surface area (Å²) in [6, 6.07) is 7.39. The van der Waals surface area contributed by atoms with E-state index < -0.39 is 18.1 Å². The molecule has 2 heterocycles. The summed E-state index contributed by atoms with van der Waals surface area (Å²) in [5.74, 6) is -1.50. The van der Waals surface area contributed by atoms with Gasteiger partial charge < -0.3 is 20.6 Å². The van der Waals surface area contributed by atoms with Crippen LogP contribution >= 0.6 is 0 Å². The molecule has 3 atom stereocenters. The van der Waals surface area contributed by atoms with Crippen LogP contribution < -0.4 is 10.6 Å². The first-order chi connectivity index (χ1) is 12.6. The van der Waals surface area contributed by atoms with Crippen LogP contribution in [0.1, 0.15) is 31.2 Å². The molecule has 7 nitrogen and oxygen atoms in total. The van der Waals surface area contributed by atoms with Crippen molar-refractivity contribution >= 4 is 17.8 Å². The monoisotopic (exact) mass is 359 g/mol. The van der Waals surface area contributed by atoms with Crippen molar-refractivity contribution in [2.24, 2.45) is 0 Å². The molecule has 1 aromatic carbocycles. The first-order valence-electron chi connectivity index (χ1n) is 9.17. The van der Waals surface area contributed by atoms with Crippen LogP contribution in [0.5, 0.6) is 0 Å². The van der Waals surface area contributed by atoms with Crippen LogP contribution in [0.4, 0.5) is 0 Å². The molecular formula is C19H25N3O4. The average Bonchev–Trinajstić information content (AvgIpc) is 3.33. The van der Waals surface area contributed by atoms with Gasteiger partial charge in [-0.3, -0.25) is 9.59 Å². The largest absolute Gasteiger partial charge is 0.480 e. The molecular weight excluding hydrogens is 334 g/mol. The summed E-state index contributed by atoms with van der Waals surface area (Å²) in [6.45, 7) is 1.37. The Morgan fingerprint density at radius 1 is 1.19 bits per heavy atom. The molecule has 0 spiro atoms. The lowest BCUT2D eigenvalue weighted by Gasteiger charge is -2.27. The molecule has 0 aliphatic carbocycles. The molecule has 3 rings (SSSR count). The number of nitrogens with one attached hydrogen (secondary N) is 2. The molecule has 2 amide bonds. The number of carbonyl (C=O) groups is 3. The summed E-state index contributed by atoms with van der Waals surface area (Å²) in [4.78, 5) is 38.5. The van der Waals surface area contributed by atoms with Crippen molar-refractivity contribution in [1.82, 2.24) is 15.5 Å². The van der Waals surface area contributed by atoms with Crippen LogP contribution in [0, 0.1) is 0 Å². The van der Waals surface area contributed by atoms with Crippen molar-refractivity contribution in [1.29, 1.82) is 0 Å². The summed E-state index contributed by atoms with van der Waals surface area (Å²) < 4.78 is 0. The number of hydrogen-bond donors (Lipinski definition) is 3. The van der Waals surface area contributed by atoms with E-state index in [1.807, 2.05) is 30.3 Å². The van der Waals surface area contributed by atoms with Crippen LogP contribution in [-0.2, 0) is 20.8 Å². The van der Waals surface area contributed by atoms with Crippen LogP contribution in [-0.4, -0.2) is 59.0 Å². The van der Waals surface area contributed by atoms with Gasteiger partial charge in [0.15, 0.2) is 0 Å². The van der Waals surface area contributed by atoms with Crippen LogP contribution in [0.2, 0.25) is 0 Å². The molecule has 3 N–H and O–H groups in total. The predicted molar refractivity (Wildman–Crippen MR) is 95.5 cm³/mol. The minimum absolute atomic E-state index is 0.0462. The molecule has 0 unspecified atom stereocenters. The van der Waals surface area contributed by atoms with Gasteiger partial charge in [0.25, 0.3) is 0 Å². The predicted octanol–water partition coefficient (Wildman–Crippen LogP) is 0.542. The smallest absolute Gasteiger partial charge is 0.326 e. The number of benzene rings is 1. The highest BCUT2D eigenvalue weighted by Gasteiger charge is 2.38. The van der Waals surface area contributed by atoms with Gasteiger partial charge in [-0.15, -0.1) is 0 Å². The van der Waals surface area contributed by atoms with Crippen LogP contribution in [0.3, 0.4) is 0 Å². The number of nitrogens with zero attached hydrogens (tertiary/aromatic N) is 1. The lowest BCUT2D eigenvalue weighted by molar-refractivity contribution is -0.144. The highest BCUT2D eigenvalue weighted by atomic mass is 16.4. The van der Waals surface area contributed by atoms with Gasteiger partial charge >= 0.3 is 5.97 Å². The maximum Gasteiger partial charge on any atom is 0.326 e. The lowest BCUT2D eigenvalue weighted by atomic mass is 10.1. The summed E-state index contributed by atoms with van der Waals surface area (Å²) in [5, 5.41) is 15.3. The van der Waals surface area contributed by atoms with Crippen molar-refractivity contribution in [3.8, 4) is 0 Å². The second-order valence-electron chi connectivity index (χ2n) is 6.93. The number of rotatable bonds is 6. The number of carboxylic acid groups (broad SMARTS) is 1. The van der Waals surface area contributed by atoms with Gasteiger partial charge in [0.05, 0.1) is 6.04 Å². The zero-order chi connectivity index (χ0) is 18.5. The minimum Gasteiger partial charge on any atom is -0.480 e. The van der Waals surface area contributed by atoms with Crippen molar-refractivity contribution < 1.29 is 19.5 Å². The highest BCUT2D eigenvalue weighted by Crippen LogP contribution is 2.21. The first kappa shape index (κ1) is 18.4. The third kappa shape index (κ3) is 4.22. The Balaban J connectivity index is 1.64. The lowest BCUT2D eigenvalue weighted by Crippen LogP contribution is -2.54. The van der Waals surface area contributed by atoms with Crippen molar-refractivity contribution in [2.75, 3.05) is 13.1 Å². The maximum absolute atomic E-state index is 12.7. The minimum atomic E-state index is -1.07. The third-order valence-electron chi connectivity index (χ3n) is 5.09. The van der Waals surface area contributed by atoms with Crippen LogP contribution in [0.15, 0.2) is 30.3 Å². The molecule has 2 aliphatic heterocycles. The molecule has 7 heteroatoms. The zero-order valence-corrected chi connectivity index (χ0v) is 14.7. The van der Waals surface area contributed by atoms with E-state index in [1.54, 1.807) is 4.90 Å². The van der Waals surface area contributed by atoms with Gasteiger partial charge in [-0.1, -0.05) is 30.3 Å². The van der Waals surface area contributed by atoms with E-state index in [4.69, 9.17) is 0 Å². The Hall–Kier alpha value is -2.41. The van der Waals surface area contributed by atoms with E-state index in [2.05, 4.69) is 10.6 Å². The standard InChI is InChI=1S/C19H25N3O4/c23-17(21-15(19(25)26)12-13-6-2-1-3-7-13)16-9-5-11-22(16)18(24)14-8-4-10-20-14/h1-3,6-7,14-16,20H,4-5,8-12H2,(H,21,23)(H,25,26)/t14-,15-,16-/m0/s1. The van der Waals surface area contributed by atoms with E-state index in [0.717, 1.165) is 31.4 Å². The maximum atomic E-state index is 12.7. The van der Waals surface area contributed by atoms with E-state index in [9.17, 15) is 19.5 Å². The molecule has 1 aromatic rings. The van der Waals surface area contributed by atoms with Gasteiger partial charge in [-0.25, -0.2) is 4.79 Å². The first-order valence-corrected chi connectivity index (χ1v) is 9.17. The summed E-state index contributed by atoms with van der Waals surface area (Å²) in [5.41, 5.74) is 0.842. The molecule has 2 saturated heterocycles. The highest BCUT2D eigenvalue weighted by molar-refractivity contribution is 5.92. The average molecular weight is 359 g/mol. The van der Waals surface area contributed by atoms with Gasteiger partial charge in [-0.05, 0) is 37.8 Å². The number of carboxylic acids is 1. The Kier molecular flexibility index (Phi) is 5.88. The van der Waals surface area contributed by atoms with E-state index >= 15 is 0 Å². The molecule has 0 aromatic heterocycles. The number of likely N-dealkylation sites (tertiary alicyclic amines) is 1. The van der Waals surface area contributed by atoms with E-state index in [0.29, 0.717) is 13.0 Å². The molecule has 0 saturated carbocycles. The number of carbonyl (C=O) groups excluding carboxylic acids is 2. The fraction of sp³-hybridized carbons (Fsp3) is 0.526.